The first-order valence-corrected chi connectivity index (χ1v) is 11.1. The van der Waals surface area contributed by atoms with Gasteiger partial charge in [-0.2, -0.15) is 0 Å². The third kappa shape index (κ3) is 11.1. The number of hydrogen-bond donors (Lipinski definition) is 5. The van der Waals surface area contributed by atoms with Gasteiger partial charge in [0.15, 0.2) is 0 Å². The zero-order chi connectivity index (χ0) is 21.6. The first-order chi connectivity index (χ1) is 13.8. The van der Waals surface area contributed by atoms with Crippen LogP contribution in [0.5, 0.6) is 0 Å². The Morgan fingerprint density at radius 2 is 1.66 bits per heavy atom. The quantitative estimate of drug-likeness (QED) is 0.296. The van der Waals surface area contributed by atoms with E-state index in [1.807, 2.05) is 0 Å². The molecule has 1 fully saturated rings. The maximum absolute atomic E-state index is 12.7. The number of unbranched alkanes of at least 4 members (excludes halogenated alkanes) is 1. The number of aliphatic carboxylic acids is 1. The number of carbonyl (C=O) groups is 3. The fourth-order valence-electron chi connectivity index (χ4n) is 3.70. The van der Waals surface area contributed by atoms with E-state index in [1.54, 1.807) is 0 Å². The third-order valence-electron chi connectivity index (χ3n) is 5.49. The van der Waals surface area contributed by atoms with E-state index in [-0.39, 0.29) is 5.91 Å². The van der Waals surface area contributed by atoms with Gasteiger partial charge in [0, 0.05) is 6.54 Å². The number of carbonyl (C=O) groups excluding carboxylic acids is 2. The van der Waals surface area contributed by atoms with Crippen LogP contribution >= 0.6 is 0 Å². The van der Waals surface area contributed by atoms with Crippen molar-refractivity contribution >= 4 is 17.9 Å². The van der Waals surface area contributed by atoms with Gasteiger partial charge in [-0.05, 0) is 50.5 Å². The lowest BCUT2D eigenvalue weighted by Crippen LogP contribution is -2.54. The van der Waals surface area contributed by atoms with Crippen molar-refractivity contribution in [1.29, 1.82) is 0 Å². The molecule has 2 atom stereocenters. The number of urea groups is 1. The molecule has 168 valence electrons. The van der Waals surface area contributed by atoms with Gasteiger partial charge in [-0.25, -0.2) is 9.59 Å². The van der Waals surface area contributed by atoms with Gasteiger partial charge in [-0.1, -0.05) is 46.0 Å². The first-order valence-electron chi connectivity index (χ1n) is 11.1. The Balaban J connectivity index is 2.65. The van der Waals surface area contributed by atoms with Crippen molar-refractivity contribution in [3.63, 3.8) is 0 Å². The molecule has 1 rings (SSSR count). The van der Waals surface area contributed by atoms with Gasteiger partial charge in [-0.15, -0.1) is 0 Å². The molecule has 0 saturated heterocycles. The van der Waals surface area contributed by atoms with E-state index < -0.39 is 24.1 Å². The number of carboxylic acids is 1. The zero-order valence-electron chi connectivity index (χ0n) is 18.0. The van der Waals surface area contributed by atoms with E-state index in [0.717, 1.165) is 32.1 Å². The summed E-state index contributed by atoms with van der Waals surface area (Å²) in [4.78, 5) is 36.5. The third-order valence-corrected chi connectivity index (χ3v) is 5.49. The fraction of sp³-hybridized carbons (Fsp3) is 0.857. The summed E-state index contributed by atoms with van der Waals surface area (Å²) in [6.07, 6.45) is 8.76. The first kappa shape index (κ1) is 25.2. The van der Waals surface area contributed by atoms with Crippen LogP contribution in [-0.4, -0.2) is 48.2 Å². The average Bonchev–Trinajstić information content (AvgIpc) is 2.67. The van der Waals surface area contributed by atoms with Crippen LogP contribution in [0.3, 0.4) is 0 Å². The van der Waals surface area contributed by atoms with Gasteiger partial charge in [0.1, 0.15) is 12.1 Å². The van der Waals surface area contributed by atoms with Crippen LogP contribution in [0, 0.1) is 11.8 Å². The second-order valence-electron chi connectivity index (χ2n) is 8.56. The van der Waals surface area contributed by atoms with Crippen molar-refractivity contribution in [3.8, 4) is 0 Å². The Labute approximate surface area is 174 Å². The monoisotopic (exact) mass is 412 g/mol. The predicted molar refractivity (Wildman–Crippen MR) is 113 cm³/mol. The number of nitrogens with two attached hydrogens (primary N) is 1. The minimum atomic E-state index is -1.08. The van der Waals surface area contributed by atoms with Gasteiger partial charge in [0.05, 0.1) is 0 Å². The highest BCUT2D eigenvalue weighted by Crippen LogP contribution is 2.27. The van der Waals surface area contributed by atoms with Crippen LogP contribution in [-0.2, 0) is 9.59 Å². The minimum absolute atomic E-state index is 0.193. The highest BCUT2D eigenvalue weighted by Gasteiger charge is 2.27. The van der Waals surface area contributed by atoms with Crippen LogP contribution in [0.2, 0.25) is 0 Å². The number of carboxylic acid groups (broad SMARTS) is 1. The molecule has 1 aliphatic carbocycles. The van der Waals surface area contributed by atoms with E-state index >= 15 is 0 Å². The Morgan fingerprint density at radius 3 is 2.24 bits per heavy atom. The second kappa shape index (κ2) is 14.2. The second-order valence-corrected chi connectivity index (χ2v) is 8.56. The maximum atomic E-state index is 12.7. The SMILES string of the molecule is CC(C)CCNC(=O)[C@@H](CC1CCCCC1)NC(=O)N[C@@H](CCCCN)C(=O)O. The number of nitrogens with one attached hydrogen (secondary N) is 3. The lowest BCUT2D eigenvalue weighted by atomic mass is 9.84. The van der Waals surface area contributed by atoms with Crippen molar-refractivity contribution in [2.24, 2.45) is 17.6 Å². The molecule has 1 saturated carbocycles. The van der Waals surface area contributed by atoms with Gasteiger partial charge in [0.2, 0.25) is 5.91 Å². The molecule has 0 aliphatic heterocycles. The molecule has 0 aromatic carbocycles. The van der Waals surface area contributed by atoms with Crippen molar-refractivity contribution < 1.29 is 19.5 Å². The average molecular weight is 413 g/mol. The van der Waals surface area contributed by atoms with Crippen LogP contribution in [0.1, 0.15) is 78.1 Å². The normalized spacial score (nSPS) is 16.8. The van der Waals surface area contributed by atoms with Crippen LogP contribution in [0.25, 0.3) is 0 Å². The predicted octanol–water partition coefficient (Wildman–Crippen LogP) is 2.37. The maximum Gasteiger partial charge on any atom is 0.326 e. The topological polar surface area (TPSA) is 134 Å². The van der Waals surface area contributed by atoms with Crippen LogP contribution in [0.15, 0.2) is 0 Å². The Kier molecular flexibility index (Phi) is 12.3. The molecule has 29 heavy (non-hydrogen) atoms. The van der Waals surface area contributed by atoms with E-state index in [4.69, 9.17) is 5.73 Å². The molecular weight excluding hydrogens is 372 g/mol. The molecule has 0 radical (unpaired) electrons. The summed E-state index contributed by atoms with van der Waals surface area (Å²) >= 11 is 0. The summed E-state index contributed by atoms with van der Waals surface area (Å²) in [6, 6.07) is -2.24. The van der Waals surface area contributed by atoms with Crippen LogP contribution < -0.4 is 21.7 Å². The van der Waals surface area contributed by atoms with Crippen molar-refractivity contribution in [2.75, 3.05) is 13.1 Å². The fourth-order valence-corrected chi connectivity index (χ4v) is 3.70. The molecule has 0 spiro atoms. The van der Waals surface area contributed by atoms with Gasteiger partial charge in [-0.3, -0.25) is 4.79 Å². The van der Waals surface area contributed by atoms with Crippen molar-refractivity contribution in [3.05, 3.63) is 0 Å². The smallest absolute Gasteiger partial charge is 0.326 e. The largest absolute Gasteiger partial charge is 0.480 e. The standard InChI is InChI=1S/C21H40N4O4/c1-15(2)11-13-23-19(26)18(14-16-8-4-3-5-9-16)25-21(29)24-17(20(27)28)10-6-7-12-22/h15-18H,3-14,22H2,1-2H3,(H,23,26)(H,27,28)(H2,24,25,29)/t17-,18+/m0/s1. The summed E-state index contributed by atoms with van der Waals surface area (Å²) in [5, 5.41) is 17.5. The minimum Gasteiger partial charge on any atom is -0.480 e. The number of amides is 3. The molecule has 0 aromatic heterocycles. The Hall–Kier alpha value is -1.83. The molecule has 8 heteroatoms. The molecule has 0 aromatic rings. The Bertz CT molecular complexity index is 507. The van der Waals surface area contributed by atoms with Crippen LogP contribution in [0.4, 0.5) is 4.79 Å². The summed E-state index contributed by atoms with van der Waals surface area (Å²) in [6.45, 7) is 5.23. The van der Waals surface area contributed by atoms with Gasteiger partial charge < -0.3 is 26.8 Å². The summed E-state index contributed by atoms with van der Waals surface area (Å²) in [5.41, 5.74) is 5.45. The lowest BCUT2D eigenvalue weighted by molar-refractivity contribution is -0.139. The highest BCUT2D eigenvalue weighted by molar-refractivity contribution is 5.88. The molecular formula is C21H40N4O4. The van der Waals surface area contributed by atoms with E-state index in [2.05, 4.69) is 29.8 Å². The summed E-state index contributed by atoms with van der Waals surface area (Å²) in [5.74, 6) is -0.387. The molecule has 8 nitrogen and oxygen atoms in total. The highest BCUT2D eigenvalue weighted by atomic mass is 16.4. The van der Waals surface area contributed by atoms with E-state index in [1.165, 1.54) is 6.42 Å². The number of hydrogen-bond acceptors (Lipinski definition) is 4. The molecule has 0 bridgehead atoms. The molecule has 0 heterocycles. The number of rotatable bonds is 13. The lowest BCUT2D eigenvalue weighted by Gasteiger charge is -2.27. The van der Waals surface area contributed by atoms with Gasteiger partial charge >= 0.3 is 12.0 Å². The van der Waals surface area contributed by atoms with Crippen molar-refractivity contribution in [1.82, 2.24) is 16.0 Å². The summed E-state index contributed by atoms with van der Waals surface area (Å²) < 4.78 is 0. The molecule has 1 aliphatic rings. The zero-order valence-corrected chi connectivity index (χ0v) is 18.0. The van der Waals surface area contributed by atoms with E-state index in [9.17, 15) is 19.5 Å². The van der Waals surface area contributed by atoms with Gasteiger partial charge in [0.25, 0.3) is 0 Å². The molecule has 3 amide bonds. The Morgan fingerprint density at radius 1 is 1.00 bits per heavy atom. The summed E-state index contributed by atoms with van der Waals surface area (Å²) in [7, 11) is 0. The molecule has 6 N–H and O–H groups in total. The molecule has 0 unspecified atom stereocenters. The van der Waals surface area contributed by atoms with Crippen molar-refractivity contribution in [2.45, 2.75) is 90.1 Å². The van der Waals surface area contributed by atoms with E-state index in [0.29, 0.717) is 50.6 Å².